The van der Waals surface area contributed by atoms with E-state index >= 15 is 0 Å². The van der Waals surface area contributed by atoms with Gasteiger partial charge in [0, 0.05) is 38.8 Å². The summed E-state index contributed by atoms with van der Waals surface area (Å²) in [6.07, 6.45) is 1.61. The molecule has 0 bridgehead atoms. The number of imide groups is 1. The van der Waals surface area contributed by atoms with Crippen molar-refractivity contribution in [1.82, 2.24) is 9.97 Å². The highest BCUT2D eigenvalue weighted by Crippen LogP contribution is 2.28. The first-order valence-electron chi connectivity index (χ1n) is 9.15. The summed E-state index contributed by atoms with van der Waals surface area (Å²) in [5, 5.41) is 3.46. The lowest BCUT2D eigenvalue weighted by atomic mass is 10.1. The molecule has 4 aromatic rings. The molecule has 0 aliphatic rings. The molecule has 2 heterocycles. The second-order valence-electron chi connectivity index (χ2n) is 6.67. The molecule has 6 nitrogen and oxygen atoms in total. The minimum Gasteiger partial charge on any atom is -0.497 e. The zero-order chi connectivity index (χ0) is 21.3. The van der Waals surface area contributed by atoms with Crippen LogP contribution in [0.4, 0.5) is 5.13 Å². The number of halogens is 1. The monoisotopic (exact) mass is 439 g/mol. The Morgan fingerprint density at radius 3 is 2.63 bits per heavy atom. The van der Waals surface area contributed by atoms with Crippen molar-refractivity contribution in [2.75, 3.05) is 12.0 Å². The van der Waals surface area contributed by atoms with Crippen LogP contribution < -0.4 is 9.64 Å². The molecule has 2 amide bonds. The number of carbonyl (C=O) groups excluding carboxylic acids is 2. The van der Waals surface area contributed by atoms with Crippen molar-refractivity contribution in [3.05, 3.63) is 75.9 Å². The third kappa shape index (κ3) is 3.81. The van der Waals surface area contributed by atoms with E-state index in [2.05, 4.69) is 9.97 Å². The van der Waals surface area contributed by atoms with Crippen LogP contribution in [-0.2, 0) is 11.2 Å². The van der Waals surface area contributed by atoms with Gasteiger partial charge in [0.15, 0.2) is 5.13 Å². The molecule has 1 N–H and O–H groups in total. The summed E-state index contributed by atoms with van der Waals surface area (Å²) in [4.78, 5) is 35.1. The Bertz CT molecular complexity index is 1220. The first-order chi connectivity index (χ1) is 14.5. The van der Waals surface area contributed by atoms with Gasteiger partial charge in [0.2, 0.25) is 5.91 Å². The van der Waals surface area contributed by atoms with Crippen LogP contribution in [-0.4, -0.2) is 28.9 Å². The van der Waals surface area contributed by atoms with E-state index in [9.17, 15) is 9.59 Å². The Morgan fingerprint density at radius 2 is 1.97 bits per heavy atom. The van der Waals surface area contributed by atoms with E-state index in [0.717, 1.165) is 27.1 Å². The highest BCUT2D eigenvalue weighted by Gasteiger charge is 2.28. The largest absolute Gasteiger partial charge is 0.497 e. The summed E-state index contributed by atoms with van der Waals surface area (Å²) >= 11 is 7.17. The predicted molar refractivity (Wildman–Crippen MR) is 119 cm³/mol. The van der Waals surface area contributed by atoms with Crippen molar-refractivity contribution in [3.63, 3.8) is 0 Å². The van der Waals surface area contributed by atoms with Gasteiger partial charge in [-0.1, -0.05) is 11.6 Å². The van der Waals surface area contributed by atoms with E-state index < -0.39 is 5.91 Å². The molecule has 8 heteroatoms. The van der Waals surface area contributed by atoms with Crippen molar-refractivity contribution in [2.45, 2.75) is 13.3 Å². The van der Waals surface area contributed by atoms with Crippen molar-refractivity contribution in [1.29, 1.82) is 0 Å². The summed E-state index contributed by atoms with van der Waals surface area (Å²) in [7, 11) is 1.60. The Hall–Kier alpha value is -3.16. The lowest BCUT2D eigenvalue weighted by Gasteiger charge is -2.18. The van der Waals surface area contributed by atoms with Gasteiger partial charge in [-0.15, -0.1) is 11.3 Å². The maximum Gasteiger partial charge on any atom is 0.266 e. The van der Waals surface area contributed by atoms with Gasteiger partial charge < -0.3 is 9.72 Å². The van der Waals surface area contributed by atoms with E-state index in [1.807, 2.05) is 25.1 Å². The van der Waals surface area contributed by atoms with E-state index in [-0.39, 0.29) is 12.3 Å². The SMILES string of the molecule is COc1ccc2[nH]c(C)c(CC(=O)N(C(=O)c3ccc(Cl)cc3)c3nccs3)c2c1. The number of methoxy groups -OCH3 is 1. The highest BCUT2D eigenvalue weighted by atomic mass is 35.5. The summed E-state index contributed by atoms with van der Waals surface area (Å²) in [5.41, 5.74) is 2.95. The molecule has 0 atom stereocenters. The molecule has 0 fully saturated rings. The molecular formula is C22H18ClN3O3S. The molecule has 0 spiro atoms. The van der Waals surface area contributed by atoms with Crippen LogP contribution in [0.2, 0.25) is 5.02 Å². The van der Waals surface area contributed by atoms with E-state index in [1.165, 1.54) is 11.3 Å². The number of aromatic amines is 1. The highest BCUT2D eigenvalue weighted by molar-refractivity contribution is 7.14. The number of hydrogen-bond acceptors (Lipinski definition) is 5. The van der Waals surface area contributed by atoms with E-state index in [4.69, 9.17) is 16.3 Å². The predicted octanol–water partition coefficient (Wildman–Crippen LogP) is 5.01. The van der Waals surface area contributed by atoms with Gasteiger partial charge in [0.25, 0.3) is 5.91 Å². The fraction of sp³-hybridized carbons (Fsp3) is 0.136. The van der Waals surface area contributed by atoms with Crippen molar-refractivity contribution >= 4 is 50.8 Å². The molecule has 2 aromatic carbocycles. The van der Waals surface area contributed by atoms with Crippen LogP contribution in [0.1, 0.15) is 21.6 Å². The number of anilines is 1. The molecule has 30 heavy (non-hydrogen) atoms. The number of thiazole rings is 1. The first kappa shape index (κ1) is 20.1. The number of nitrogens with zero attached hydrogens (tertiary/aromatic N) is 2. The number of aryl methyl sites for hydroxylation is 1. The number of amides is 2. The van der Waals surface area contributed by atoms with Gasteiger partial charge in [0.1, 0.15) is 5.75 Å². The lowest BCUT2D eigenvalue weighted by molar-refractivity contribution is -0.117. The van der Waals surface area contributed by atoms with Gasteiger partial charge in [-0.25, -0.2) is 9.88 Å². The number of aromatic nitrogens is 2. The smallest absolute Gasteiger partial charge is 0.266 e. The van der Waals surface area contributed by atoms with Gasteiger partial charge in [-0.3, -0.25) is 9.59 Å². The minimum absolute atomic E-state index is 0.0396. The van der Waals surface area contributed by atoms with E-state index in [0.29, 0.717) is 21.5 Å². The summed E-state index contributed by atoms with van der Waals surface area (Å²) in [6, 6.07) is 12.1. The third-order valence-electron chi connectivity index (χ3n) is 4.81. The van der Waals surface area contributed by atoms with Crippen LogP contribution in [0.5, 0.6) is 5.75 Å². The second kappa shape index (κ2) is 8.30. The lowest BCUT2D eigenvalue weighted by Crippen LogP contribution is -2.38. The quantitative estimate of drug-likeness (QED) is 0.474. The molecule has 0 saturated heterocycles. The van der Waals surface area contributed by atoms with E-state index in [1.54, 1.807) is 43.0 Å². The average molecular weight is 440 g/mol. The molecular weight excluding hydrogens is 422 g/mol. The number of ether oxygens (including phenoxy) is 1. The van der Waals surface area contributed by atoms with Crippen molar-refractivity contribution < 1.29 is 14.3 Å². The van der Waals surface area contributed by atoms with Gasteiger partial charge in [-0.2, -0.15) is 0 Å². The van der Waals surface area contributed by atoms with Crippen LogP contribution in [0.3, 0.4) is 0 Å². The maximum atomic E-state index is 13.3. The molecule has 0 aliphatic heterocycles. The minimum atomic E-state index is -0.443. The molecule has 0 saturated carbocycles. The van der Waals surface area contributed by atoms with Crippen molar-refractivity contribution in [3.8, 4) is 5.75 Å². The number of nitrogens with one attached hydrogen (secondary N) is 1. The molecule has 152 valence electrons. The van der Waals surface area contributed by atoms with Gasteiger partial charge in [0.05, 0.1) is 13.5 Å². The third-order valence-corrected chi connectivity index (χ3v) is 5.82. The summed E-state index contributed by atoms with van der Waals surface area (Å²) < 4.78 is 5.32. The Labute approximate surface area is 182 Å². The van der Waals surface area contributed by atoms with Gasteiger partial charge in [-0.05, 0) is 55.0 Å². The average Bonchev–Trinajstić information content (AvgIpc) is 3.37. The van der Waals surface area contributed by atoms with Gasteiger partial charge >= 0.3 is 0 Å². The van der Waals surface area contributed by atoms with Crippen LogP contribution >= 0.6 is 22.9 Å². The molecule has 0 unspecified atom stereocenters. The van der Waals surface area contributed by atoms with Crippen molar-refractivity contribution in [2.24, 2.45) is 0 Å². The zero-order valence-corrected chi connectivity index (χ0v) is 17.9. The number of H-pyrrole nitrogens is 1. The number of benzene rings is 2. The molecule has 4 rings (SSSR count). The van der Waals surface area contributed by atoms with Crippen LogP contribution in [0.25, 0.3) is 10.9 Å². The standard InChI is InChI=1S/C22H18ClN3O3S/c1-13-17(18-11-16(29-2)7-8-19(18)25-13)12-20(27)26(22-24-9-10-30-22)21(28)14-3-5-15(23)6-4-14/h3-11,25H,12H2,1-2H3. The summed E-state index contributed by atoms with van der Waals surface area (Å²) in [6.45, 7) is 1.91. The zero-order valence-electron chi connectivity index (χ0n) is 16.3. The number of carbonyl (C=O) groups is 2. The maximum absolute atomic E-state index is 13.3. The Kier molecular flexibility index (Phi) is 5.57. The second-order valence-corrected chi connectivity index (χ2v) is 7.98. The molecule has 2 aromatic heterocycles. The first-order valence-corrected chi connectivity index (χ1v) is 10.4. The number of fused-ring (bicyclic) bond motifs is 1. The molecule has 0 radical (unpaired) electrons. The fourth-order valence-corrected chi connectivity index (χ4v) is 4.08. The number of rotatable bonds is 5. The Morgan fingerprint density at radius 1 is 1.20 bits per heavy atom. The fourth-order valence-electron chi connectivity index (χ4n) is 3.30. The summed E-state index contributed by atoms with van der Waals surface area (Å²) in [5.74, 6) is -0.109. The molecule has 0 aliphatic carbocycles. The normalized spacial score (nSPS) is 10.9. The number of hydrogen-bond donors (Lipinski definition) is 1. The van der Waals surface area contributed by atoms with Crippen LogP contribution in [0.15, 0.2) is 54.0 Å². The Balaban J connectivity index is 1.71. The topological polar surface area (TPSA) is 75.3 Å². The van der Waals surface area contributed by atoms with Crippen LogP contribution in [0, 0.1) is 6.92 Å².